The number of hydrogen-bond acceptors (Lipinski definition) is 7. The van der Waals surface area contributed by atoms with Gasteiger partial charge >= 0.3 is 0 Å². The smallest absolute Gasteiger partial charge is 0.269 e. The van der Waals surface area contributed by atoms with Gasteiger partial charge in [0, 0.05) is 25.2 Å². The molecular formula is C24H34N8O2. The Morgan fingerprint density at radius 3 is 2.65 bits per heavy atom. The topological polar surface area (TPSA) is 116 Å². The highest BCUT2D eigenvalue weighted by Crippen LogP contribution is 2.40. The van der Waals surface area contributed by atoms with Gasteiger partial charge in [-0.3, -0.25) is 19.7 Å². The number of carbonyl (C=O) groups excluding carboxylic acids is 2. The van der Waals surface area contributed by atoms with Gasteiger partial charge in [-0.25, -0.2) is 10.4 Å². The van der Waals surface area contributed by atoms with Gasteiger partial charge < -0.3 is 15.5 Å². The Labute approximate surface area is 199 Å². The number of piperidine rings is 1. The van der Waals surface area contributed by atoms with Gasteiger partial charge in [-0.05, 0) is 75.9 Å². The third-order valence-corrected chi connectivity index (χ3v) is 7.68. The second-order valence-corrected chi connectivity index (χ2v) is 9.84. The molecule has 4 heterocycles. The number of rotatable bonds is 5. The predicted molar refractivity (Wildman–Crippen MR) is 128 cm³/mol. The fourth-order valence-corrected chi connectivity index (χ4v) is 5.59. The van der Waals surface area contributed by atoms with Crippen molar-refractivity contribution in [3.8, 4) is 0 Å². The third-order valence-electron chi connectivity index (χ3n) is 7.68. The molecule has 3 aliphatic rings. The molecule has 2 aromatic heterocycles. The summed E-state index contributed by atoms with van der Waals surface area (Å²) in [6.45, 7) is 2.23. The van der Waals surface area contributed by atoms with Crippen molar-refractivity contribution in [3.05, 3.63) is 42.0 Å². The number of likely N-dealkylation sites (tertiary alicyclic amines) is 1. The molecule has 0 spiro atoms. The standard InChI is InChI=1S/C24H34N8O2/c1-25-23(33)21-6-4-17(13-26-21)28-24(34)22-19-11-15(3-5-20(19)29-30-22)16-12-27-32(14-16)18-7-9-31(2)10-8-18/h4,6,12-15,18-20,22,29-30H,3,5,7-11H2,1-2H3,(H,25,33)(H,28,34). The van der Waals surface area contributed by atoms with Crippen LogP contribution in [-0.2, 0) is 4.79 Å². The van der Waals surface area contributed by atoms with E-state index < -0.39 is 0 Å². The lowest BCUT2D eigenvalue weighted by atomic mass is 9.74. The highest BCUT2D eigenvalue weighted by atomic mass is 16.2. The summed E-state index contributed by atoms with van der Waals surface area (Å²) in [7, 11) is 3.74. The average Bonchev–Trinajstić information content (AvgIpc) is 3.52. The lowest BCUT2D eigenvalue weighted by Gasteiger charge is -2.32. The number of pyridine rings is 1. The first-order chi connectivity index (χ1) is 16.5. The zero-order valence-corrected chi connectivity index (χ0v) is 19.8. The van der Waals surface area contributed by atoms with Gasteiger partial charge in [-0.1, -0.05) is 0 Å². The maximum Gasteiger partial charge on any atom is 0.269 e. The number of hydrazine groups is 1. The molecule has 5 rings (SSSR count). The van der Waals surface area contributed by atoms with E-state index in [1.54, 1.807) is 19.2 Å². The van der Waals surface area contributed by atoms with Gasteiger partial charge in [0.2, 0.25) is 5.91 Å². The van der Waals surface area contributed by atoms with Crippen LogP contribution < -0.4 is 21.5 Å². The second-order valence-electron chi connectivity index (χ2n) is 9.84. The van der Waals surface area contributed by atoms with Gasteiger partial charge in [-0.15, -0.1) is 0 Å². The van der Waals surface area contributed by atoms with Crippen LogP contribution in [0.5, 0.6) is 0 Å². The van der Waals surface area contributed by atoms with E-state index in [1.165, 1.54) is 11.8 Å². The first-order valence-electron chi connectivity index (χ1n) is 12.2. The molecule has 2 aliphatic heterocycles. The first-order valence-corrected chi connectivity index (χ1v) is 12.2. The summed E-state index contributed by atoms with van der Waals surface area (Å²) in [6, 6.07) is 3.75. The summed E-state index contributed by atoms with van der Waals surface area (Å²) in [5.74, 6) is 0.266. The second kappa shape index (κ2) is 9.81. The number of carbonyl (C=O) groups is 2. The number of aromatic nitrogens is 3. The van der Waals surface area contributed by atoms with E-state index in [-0.39, 0.29) is 29.8 Å². The largest absolute Gasteiger partial charge is 0.354 e. The Balaban J connectivity index is 1.22. The molecule has 10 nitrogen and oxygen atoms in total. The Morgan fingerprint density at radius 2 is 1.91 bits per heavy atom. The Kier molecular flexibility index (Phi) is 6.62. The summed E-state index contributed by atoms with van der Waals surface area (Å²) < 4.78 is 2.17. The van der Waals surface area contributed by atoms with Crippen LogP contribution in [-0.4, -0.2) is 70.7 Å². The van der Waals surface area contributed by atoms with Crippen molar-refractivity contribution in [2.75, 3.05) is 32.5 Å². The van der Waals surface area contributed by atoms with Crippen LogP contribution in [0, 0.1) is 5.92 Å². The van der Waals surface area contributed by atoms with E-state index in [2.05, 4.69) is 49.3 Å². The fraction of sp³-hybridized carbons (Fsp3) is 0.583. The van der Waals surface area contributed by atoms with Crippen LogP contribution in [0.3, 0.4) is 0 Å². The average molecular weight is 467 g/mol. The zero-order valence-electron chi connectivity index (χ0n) is 19.8. The molecule has 4 unspecified atom stereocenters. The van der Waals surface area contributed by atoms with Crippen LogP contribution in [0.2, 0.25) is 0 Å². The summed E-state index contributed by atoms with van der Waals surface area (Å²) in [5.41, 5.74) is 8.74. The van der Waals surface area contributed by atoms with Crippen LogP contribution in [0.4, 0.5) is 5.69 Å². The molecule has 4 N–H and O–H groups in total. The molecule has 1 saturated carbocycles. The highest BCUT2D eigenvalue weighted by molar-refractivity contribution is 5.96. The number of amides is 2. The van der Waals surface area contributed by atoms with Crippen LogP contribution in [0.25, 0.3) is 0 Å². The molecule has 10 heteroatoms. The molecular weight excluding hydrogens is 432 g/mol. The van der Waals surface area contributed by atoms with Crippen molar-refractivity contribution >= 4 is 17.5 Å². The molecule has 2 amide bonds. The lowest BCUT2D eigenvalue weighted by Crippen LogP contribution is -2.42. The maximum absolute atomic E-state index is 13.1. The molecule has 0 aromatic carbocycles. The van der Waals surface area contributed by atoms with Gasteiger partial charge in [0.15, 0.2) is 0 Å². The highest BCUT2D eigenvalue weighted by Gasteiger charge is 2.44. The molecule has 4 atom stereocenters. The summed E-state index contributed by atoms with van der Waals surface area (Å²) >= 11 is 0. The van der Waals surface area contributed by atoms with E-state index in [4.69, 9.17) is 5.10 Å². The fourth-order valence-electron chi connectivity index (χ4n) is 5.59. The molecule has 3 fully saturated rings. The predicted octanol–water partition coefficient (Wildman–Crippen LogP) is 1.27. The quantitative estimate of drug-likeness (QED) is 0.524. The van der Waals surface area contributed by atoms with Crippen LogP contribution in [0.1, 0.15) is 60.1 Å². The van der Waals surface area contributed by atoms with Crippen LogP contribution in [0.15, 0.2) is 30.7 Å². The summed E-state index contributed by atoms with van der Waals surface area (Å²) in [6.07, 6.45) is 11.1. The van der Waals surface area contributed by atoms with Crippen LogP contribution >= 0.6 is 0 Å². The van der Waals surface area contributed by atoms with Crippen molar-refractivity contribution in [2.45, 2.75) is 56.1 Å². The number of anilines is 1. The van der Waals surface area contributed by atoms with Crippen molar-refractivity contribution in [1.29, 1.82) is 0 Å². The SMILES string of the molecule is CNC(=O)c1ccc(NC(=O)C2NNC3CCC(c4cnn(C5CCN(C)CC5)c4)CC32)cn1. The number of nitrogens with one attached hydrogen (secondary N) is 4. The normalized spacial score (nSPS) is 27.8. The lowest BCUT2D eigenvalue weighted by molar-refractivity contribution is -0.119. The minimum absolute atomic E-state index is 0.0860. The van der Waals surface area contributed by atoms with Gasteiger partial charge in [0.05, 0.1) is 24.1 Å². The zero-order chi connectivity index (χ0) is 23.7. The Morgan fingerprint density at radius 1 is 1.09 bits per heavy atom. The number of fused-ring (bicyclic) bond motifs is 1. The third kappa shape index (κ3) is 4.70. The molecule has 1 aliphatic carbocycles. The van der Waals surface area contributed by atoms with Gasteiger partial charge in [0.1, 0.15) is 11.7 Å². The number of nitrogens with zero attached hydrogens (tertiary/aromatic N) is 4. The summed E-state index contributed by atoms with van der Waals surface area (Å²) in [4.78, 5) is 31.3. The monoisotopic (exact) mass is 466 g/mol. The maximum atomic E-state index is 13.1. The van der Waals surface area contributed by atoms with E-state index in [9.17, 15) is 9.59 Å². The van der Waals surface area contributed by atoms with E-state index in [0.717, 1.165) is 45.2 Å². The molecule has 0 radical (unpaired) electrons. The molecule has 182 valence electrons. The van der Waals surface area contributed by atoms with E-state index in [1.807, 2.05) is 6.20 Å². The molecule has 2 aromatic rings. The molecule has 2 saturated heterocycles. The van der Waals surface area contributed by atoms with E-state index in [0.29, 0.717) is 23.3 Å². The van der Waals surface area contributed by atoms with Crippen molar-refractivity contribution in [1.82, 2.24) is 35.8 Å². The van der Waals surface area contributed by atoms with Crippen molar-refractivity contribution < 1.29 is 9.59 Å². The van der Waals surface area contributed by atoms with Gasteiger partial charge in [-0.2, -0.15) is 5.10 Å². The first kappa shape index (κ1) is 22.9. The Hall–Kier alpha value is -2.82. The minimum Gasteiger partial charge on any atom is -0.354 e. The number of hydrogen-bond donors (Lipinski definition) is 4. The molecule has 34 heavy (non-hydrogen) atoms. The van der Waals surface area contributed by atoms with Crippen molar-refractivity contribution in [3.63, 3.8) is 0 Å². The van der Waals surface area contributed by atoms with E-state index >= 15 is 0 Å². The van der Waals surface area contributed by atoms with Crippen molar-refractivity contribution in [2.24, 2.45) is 5.92 Å². The summed E-state index contributed by atoms with van der Waals surface area (Å²) in [5, 5.41) is 10.2. The minimum atomic E-state index is -0.324. The molecule has 0 bridgehead atoms. The van der Waals surface area contributed by atoms with Gasteiger partial charge in [0.25, 0.3) is 5.91 Å². The Bertz CT molecular complexity index is 1010.